The topological polar surface area (TPSA) is 24.9 Å². The monoisotopic (exact) mass is 470 g/mol. The van der Waals surface area contributed by atoms with E-state index in [1.54, 1.807) is 0 Å². The van der Waals surface area contributed by atoms with E-state index < -0.39 is 8.53 Å². The van der Waals surface area contributed by atoms with E-state index in [0.29, 0.717) is 6.04 Å². The normalized spacial score (nSPS) is 24.3. The Hall–Kier alpha value is 0.270. The standard InChI is InChI=1S/C27H55N2O2P/c1-9-10-11-12-13-14-15-16-17-18-19-29(32-30-22-25(2,3)23-31-32)24-20-26(4,5)28(8)27(6,7)21-24/h24H,9-23H2,1-8H3. The van der Waals surface area contributed by atoms with Gasteiger partial charge in [-0.05, 0) is 54.0 Å². The van der Waals surface area contributed by atoms with Crippen LogP contribution >= 0.6 is 8.53 Å². The number of nitrogens with zero attached hydrogens (tertiary/aromatic N) is 2. The molecule has 4 nitrogen and oxygen atoms in total. The van der Waals surface area contributed by atoms with Crippen LogP contribution in [0.3, 0.4) is 0 Å². The van der Waals surface area contributed by atoms with Gasteiger partial charge in [0.25, 0.3) is 8.53 Å². The lowest BCUT2D eigenvalue weighted by Crippen LogP contribution is -2.62. The zero-order chi connectivity index (χ0) is 23.8. The minimum atomic E-state index is -0.935. The average Bonchev–Trinajstić information content (AvgIpc) is 2.70. The third-order valence-electron chi connectivity index (χ3n) is 7.79. The summed E-state index contributed by atoms with van der Waals surface area (Å²) in [5.41, 5.74) is 0.507. The highest BCUT2D eigenvalue weighted by atomic mass is 31.2. The Kier molecular flexibility index (Phi) is 11.4. The fourth-order valence-electron chi connectivity index (χ4n) is 5.38. The highest BCUT2D eigenvalue weighted by Crippen LogP contribution is 2.53. The molecule has 2 fully saturated rings. The molecule has 0 N–H and O–H groups in total. The van der Waals surface area contributed by atoms with Crippen molar-refractivity contribution in [1.82, 2.24) is 9.57 Å². The smallest absolute Gasteiger partial charge is 0.259 e. The summed E-state index contributed by atoms with van der Waals surface area (Å²) in [5.74, 6) is 0. The highest BCUT2D eigenvalue weighted by Gasteiger charge is 2.47. The maximum absolute atomic E-state index is 6.37. The summed E-state index contributed by atoms with van der Waals surface area (Å²) < 4.78 is 15.4. The molecule has 0 spiro atoms. The Morgan fingerprint density at radius 2 is 1.19 bits per heavy atom. The van der Waals surface area contributed by atoms with Gasteiger partial charge in [-0.15, -0.1) is 0 Å². The molecule has 0 radical (unpaired) electrons. The predicted molar refractivity (Wildman–Crippen MR) is 140 cm³/mol. The number of unbranched alkanes of at least 4 members (excludes halogenated alkanes) is 9. The van der Waals surface area contributed by atoms with Gasteiger partial charge in [-0.1, -0.05) is 78.6 Å². The second-order valence-electron chi connectivity index (χ2n) is 12.5. The molecular formula is C27H55N2O2P. The van der Waals surface area contributed by atoms with E-state index in [0.717, 1.165) is 19.8 Å². The van der Waals surface area contributed by atoms with Crippen molar-refractivity contribution in [2.24, 2.45) is 5.41 Å². The minimum Gasteiger partial charge on any atom is -0.321 e. The van der Waals surface area contributed by atoms with Gasteiger partial charge < -0.3 is 9.05 Å². The van der Waals surface area contributed by atoms with Crippen molar-refractivity contribution in [2.75, 3.05) is 26.8 Å². The minimum absolute atomic E-state index is 0.132. The van der Waals surface area contributed by atoms with E-state index >= 15 is 0 Å². The number of hydrogen-bond donors (Lipinski definition) is 0. The van der Waals surface area contributed by atoms with Crippen molar-refractivity contribution in [3.63, 3.8) is 0 Å². The van der Waals surface area contributed by atoms with Crippen LogP contribution in [0, 0.1) is 5.41 Å². The molecule has 0 aliphatic carbocycles. The Morgan fingerprint density at radius 3 is 1.66 bits per heavy atom. The summed E-state index contributed by atoms with van der Waals surface area (Å²) in [7, 11) is 1.36. The van der Waals surface area contributed by atoms with Crippen LogP contribution in [0.25, 0.3) is 0 Å². The van der Waals surface area contributed by atoms with Gasteiger partial charge in [0.1, 0.15) is 0 Å². The SMILES string of the molecule is CCCCCCCCCCCCN(C1CC(C)(C)N(C)C(C)(C)C1)P1OCC(C)(C)CO1. The predicted octanol–water partition coefficient (Wildman–Crippen LogP) is 8.16. The molecule has 2 aliphatic rings. The molecule has 5 heteroatoms. The van der Waals surface area contributed by atoms with Crippen LogP contribution in [0.5, 0.6) is 0 Å². The summed E-state index contributed by atoms with van der Waals surface area (Å²) in [5, 5.41) is 0. The van der Waals surface area contributed by atoms with Gasteiger partial charge >= 0.3 is 0 Å². The maximum Gasteiger partial charge on any atom is 0.259 e. The summed E-state index contributed by atoms with van der Waals surface area (Å²) in [6.45, 7) is 19.1. The van der Waals surface area contributed by atoms with Crippen LogP contribution in [-0.4, -0.2) is 53.5 Å². The van der Waals surface area contributed by atoms with E-state index in [9.17, 15) is 0 Å². The van der Waals surface area contributed by atoms with Gasteiger partial charge in [-0.3, -0.25) is 4.90 Å². The molecule has 190 valence electrons. The van der Waals surface area contributed by atoms with Gasteiger partial charge in [-0.2, -0.15) is 0 Å². The Bertz CT molecular complexity index is 510. The van der Waals surface area contributed by atoms with Gasteiger partial charge in [0.15, 0.2) is 0 Å². The van der Waals surface area contributed by atoms with E-state index in [1.807, 2.05) is 0 Å². The van der Waals surface area contributed by atoms with Crippen LogP contribution < -0.4 is 0 Å². The van der Waals surface area contributed by atoms with Gasteiger partial charge in [0.2, 0.25) is 0 Å². The average molecular weight is 471 g/mol. The second-order valence-corrected chi connectivity index (χ2v) is 14.0. The molecule has 0 unspecified atom stereocenters. The second kappa shape index (κ2) is 12.8. The van der Waals surface area contributed by atoms with E-state index in [-0.39, 0.29) is 16.5 Å². The molecule has 2 heterocycles. The molecule has 0 bridgehead atoms. The van der Waals surface area contributed by atoms with E-state index in [2.05, 4.69) is 65.1 Å². The molecule has 2 rings (SSSR count). The first kappa shape index (κ1) is 28.5. The molecule has 0 aromatic rings. The van der Waals surface area contributed by atoms with E-state index in [4.69, 9.17) is 9.05 Å². The molecule has 0 aromatic heterocycles. The Morgan fingerprint density at radius 1 is 0.750 bits per heavy atom. The van der Waals surface area contributed by atoms with Crippen molar-refractivity contribution >= 4 is 8.53 Å². The van der Waals surface area contributed by atoms with Crippen molar-refractivity contribution in [2.45, 2.75) is 143 Å². The van der Waals surface area contributed by atoms with Crippen LogP contribution in [0.4, 0.5) is 0 Å². The molecular weight excluding hydrogens is 415 g/mol. The highest BCUT2D eigenvalue weighted by molar-refractivity contribution is 7.44. The molecule has 0 saturated carbocycles. The molecule has 32 heavy (non-hydrogen) atoms. The number of likely N-dealkylation sites (tertiary alicyclic amines) is 1. The maximum atomic E-state index is 6.37. The largest absolute Gasteiger partial charge is 0.321 e. The van der Waals surface area contributed by atoms with Crippen LogP contribution in [0.2, 0.25) is 0 Å². The number of piperidine rings is 1. The van der Waals surface area contributed by atoms with Crippen LogP contribution in [0.1, 0.15) is 126 Å². The molecule has 2 aliphatic heterocycles. The Labute approximate surface area is 202 Å². The lowest BCUT2D eigenvalue weighted by atomic mass is 9.77. The van der Waals surface area contributed by atoms with Crippen molar-refractivity contribution in [3.05, 3.63) is 0 Å². The van der Waals surface area contributed by atoms with E-state index in [1.165, 1.54) is 77.0 Å². The quantitative estimate of drug-likeness (QED) is 0.200. The summed E-state index contributed by atoms with van der Waals surface area (Å²) >= 11 is 0. The third-order valence-corrected chi connectivity index (χ3v) is 9.44. The first-order chi connectivity index (χ1) is 15.0. The Balaban J connectivity index is 1.87. The lowest BCUT2D eigenvalue weighted by Gasteiger charge is -2.56. The molecule has 2 saturated heterocycles. The van der Waals surface area contributed by atoms with Crippen molar-refractivity contribution < 1.29 is 9.05 Å². The molecule has 0 aromatic carbocycles. The fourth-order valence-corrected chi connectivity index (χ4v) is 7.40. The number of rotatable bonds is 13. The van der Waals surface area contributed by atoms with Crippen molar-refractivity contribution in [3.8, 4) is 0 Å². The fraction of sp³-hybridized carbons (Fsp3) is 1.00. The lowest BCUT2D eigenvalue weighted by molar-refractivity contribution is -0.0407. The summed E-state index contributed by atoms with van der Waals surface area (Å²) in [4.78, 5) is 2.58. The summed E-state index contributed by atoms with van der Waals surface area (Å²) in [6.07, 6.45) is 16.2. The zero-order valence-electron chi connectivity index (χ0n) is 22.8. The molecule has 0 atom stereocenters. The van der Waals surface area contributed by atoms with Gasteiger partial charge in [0.05, 0.1) is 13.2 Å². The first-order valence-corrected chi connectivity index (χ1v) is 14.7. The molecule has 0 amide bonds. The van der Waals surface area contributed by atoms with Gasteiger partial charge in [-0.25, -0.2) is 4.67 Å². The zero-order valence-corrected chi connectivity index (χ0v) is 23.7. The third kappa shape index (κ3) is 8.81. The van der Waals surface area contributed by atoms with Crippen LogP contribution in [0.15, 0.2) is 0 Å². The first-order valence-electron chi connectivity index (χ1n) is 13.5. The summed E-state index contributed by atoms with van der Waals surface area (Å²) in [6, 6.07) is 0.530. The van der Waals surface area contributed by atoms with Gasteiger partial charge in [0, 0.05) is 29.1 Å². The number of hydrogen-bond acceptors (Lipinski definition) is 4. The van der Waals surface area contributed by atoms with Crippen molar-refractivity contribution in [1.29, 1.82) is 0 Å². The van der Waals surface area contributed by atoms with Crippen LogP contribution in [-0.2, 0) is 9.05 Å².